The number of aliphatic hydroxyl groups is 1. The lowest BCUT2D eigenvalue weighted by Gasteiger charge is -2.01. The summed E-state index contributed by atoms with van der Waals surface area (Å²) in [4.78, 5) is 12.7. The molecule has 1 aliphatic carbocycles. The third kappa shape index (κ3) is 3.32. The summed E-state index contributed by atoms with van der Waals surface area (Å²) in [5, 5.41) is 13.4. The standard InChI is InChI=1S/C13H15NO2S/c1-9-5-12(9)13(16)14-7-11-6-10(8-17-11)3-2-4-15/h6,8-9,12,15H,4-5,7H2,1H3,(H,14,16). The zero-order valence-corrected chi connectivity index (χ0v) is 10.5. The Labute approximate surface area is 105 Å². The number of amides is 1. The molecule has 17 heavy (non-hydrogen) atoms. The van der Waals surface area contributed by atoms with E-state index in [-0.39, 0.29) is 18.4 Å². The third-order valence-electron chi connectivity index (χ3n) is 2.85. The Kier molecular flexibility index (Phi) is 3.82. The van der Waals surface area contributed by atoms with Gasteiger partial charge in [-0.05, 0) is 18.4 Å². The van der Waals surface area contributed by atoms with Crippen molar-refractivity contribution in [1.29, 1.82) is 0 Å². The molecule has 2 rings (SSSR count). The van der Waals surface area contributed by atoms with Gasteiger partial charge in [0, 0.05) is 21.7 Å². The van der Waals surface area contributed by atoms with Gasteiger partial charge in [0.25, 0.3) is 0 Å². The number of hydrogen-bond acceptors (Lipinski definition) is 3. The number of carbonyl (C=O) groups excluding carboxylic acids is 1. The molecule has 1 fully saturated rings. The molecular formula is C13H15NO2S. The Balaban J connectivity index is 1.83. The highest BCUT2D eigenvalue weighted by Gasteiger charge is 2.38. The summed E-state index contributed by atoms with van der Waals surface area (Å²) in [7, 11) is 0. The minimum absolute atomic E-state index is 0.124. The Morgan fingerprint density at radius 3 is 3.12 bits per heavy atom. The maximum absolute atomic E-state index is 11.6. The van der Waals surface area contributed by atoms with Gasteiger partial charge in [0.15, 0.2) is 0 Å². The van der Waals surface area contributed by atoms with E-state index in [4.69, 9.17) is 5.11 Å². The Hall–Kier alpha value is -1.31. The van der Waals surface area contributed by atoms with Gasteiger partial charge >= 0.3 is 0 Å². The van der Waals surface area contributed by atoms with Crippen molar-refractivity contribution in [3.05, 3.63) is 21.9 Å². The molecule has 1 heterocycles. The molecule has 4 heteroatoms. The molecule has 0 bridgehead atoms. The first-order chi connectivity index (χ1) is 8.20. The molecule has 1 amide bonds. The van der Waals surface area contributed by atoms with E-state index in [0.29, 0.717) is 12.5 Å². The molecule has 0 radical (unpaired) electrons. The molecular weight excluding hydrogens is 234 g/mol. The summed E-state index contributed by atoms with van der Waals surface area (Å²) in [6.07, 6.45) is 1.02. The van der Waals surface area contributed by atoms with Crippen LogP contribution in [-0.2, 0) is 11.3 Å². The van der Waals surface area contributed by atoms with Crippen LogP contribution < -0.4 is 5.32 Å². The van der Waals surface area contributed by atoms with Crippen molar-refractivity contribution in [2.75, 3.05) is 6.61 Å². The number of thiophene rings is 1. The van der Waals surface area contributed by atoms with Crippen LogP contribution in [0.1, 0.15) is 23.8 Å². The van der Waals surface area contributed by atoms with Gasteiger partial charge in [-0.15, -0.1) is 11.3 Å². The van der Waals surface area contributed by atoms with Crippen molar-refractivity contribution >= 4 is 17.2 Å². The third-order valence-corrected chi connectivity index (χ3v) is 3.79. The molecule has 0 aliphatic heterocycles. The van der Waals surface area contributed by atoms with E-state index in [1.54, 1.807) is 11.3 Å². The highest BCUT2D eigenvalue weighted by Crippen LogP contribution is 2.37. The van der Waals surface area contributed by atoms with E-state index in [2.05, 4.69) is 24.1 Å². The molecule has 0 aromatic carbocycles. The monoisotopic (exact) mass is 249 g/mol. The molecule has 3 nitrogen and oxygen atoms in total. The van der Waals surface area contributed by atoms with Crippen LogP contribution in [-0.4, -0.2) is 17.6 Å². The molecule has 0 spiro atoms. The fourth-order valence-electron chi connectivity index (χ4n) is 1.67. The first kappa shape index (κ1) is 12.2. The number of carbonyl (C=O) groups is 1. The summed E-state index contributed by atoms with van der Waals surface area (Å²) in [5.41, 5.74) is 0.896. The van der Waals surface area contributed by atoms with Gasteiger partial charge in [-0.1, -0.05) is 18.8 Å². The molecule has 2 unspecified atom stereocenters. The SMILES string of the molecule is CC1CC1C(=O)NCc1cc(C#CCO)cs1. The van der Waals surface area contributed by atoms with Crippen LogP contribution in [0, 0.1) is 23.7 Å². The van der Waals surface area contributed by atoms with Gasteiger partial charge in [-0.25, -0.2) is 0 Å². The minimum atomic E-state index is -0.124. The molecule has 1 aromatic rings. The van der Waals surface area contributed by atoms with Crippen molar-refractivity contribution in [1.82, 2.24) is 5.32 Å². The largest absolute Gasteiger partial charge is 0.384 e. The smallest absolute Gasteiger partial charge is 0.223 e. The topological polar surface area (TPSA) is 49.3 Å². The first-order valence-corrected chi connectivity index (χ1v) is 6.53. The van der Waals surface area contributed by atoms with Gasteiger partial charge < -0.3 is 10.4 Å². The highest BCUT2D eigenvalue weighted by molar-refractivity contribution is 7.10. The van der Waals surface area contributed by atoms with Crippen molar-refractivity contribution in [2.24, 2.45) is 11.8 Å². The van der Waals surface area contributed by atoms with Crippen LogP contribution in [0.25, 0.3) is 0 Å². The van der Waals surface area contributed by atoms with E-state index in [0.717, 1.165) is 16.9 Å². The lowest BCUT2D eigenvalue weighted by Crippen LogP contribution is -2.24. The Morgan fingerprint density at radius 2 is 2.47 bits per heavy atom. The number of nitrogens with one attached hydrogen (secondary N) is 1. The maximum Gasteiger partial charge on any atom is 0.223 e. The minimum Gasteiger partial charge on any atom is -0.384 e. The molecule has 1 aromatic heterocycles. The summed E-state index contributed by atoms with van der Waals surface area (Å²) >= 11 is 1.58. The second kappa shape index (κ2) is 5.35. The summed E-state index contributed by atoms with van der Waals surface area (Å²) in [6.45, 7) is 2.55. The maximum atomic E-state index is 11.6. The summed E-state index contributed by atoms with van der Waals surface area (Å²) < 4.78 is 0. The van der Waals surface area contributed by atoms with Crippen molar-refractivity contribution in [3.63, 3.8) is 0 Å². The van der Waals surface area contributed by atoms with E-state index < -0.39 is 0 Å². The Bertz CT molecular complexity index is 469. The van der Waals surface area contributed by atoms with E-state index in [1.807, 2.05) is 11.4 Å². The zero-order valence-electron chi connectivity index (χ0n) is 9.69. The van der Waals surface area contributed by atoms with Crippen LogP contribution in [0.5, 0.6) is 0 Å². The van der Waals surface area contributed by atoms with E-state index >= 15 is 0 Å². The number of aliphatic hydroxyl groups excluding tert-OH is 1. The van der Waals surface area contributed by atoms with E-state index in [1.165, 1.54) is 0 Å². The lowest BCUT2D eigenvalue weighted by molar-refractivity contribution is -0.122. The predicted octanol–water partition coefficient (Wildman–Crippen LogP) is 1.36. The normalized spacial score (nSPS) is 21.5. The molecule has 1 aliphatic rings. The number of hydrogen-bond donors (Lipinski definition) is 2. The predicted molar refractivity (Wildman–Crippen MR) is 67.4 cm³/mol. The van der Waals surface area contributed by atoms with Gasteiger partial charge in [0.2, 0.25) is 5.91 Å². The van der Waals surface area contributed by atoms with Crippen molar-refractivity contribution in [2.45, 2.75) is 19.9 Å². The van der Waals surface area contributed by atoms with Crippen molar-refractivity contribution < 1.29 is 9.90 Å². The molecule has 2 N–H and O–H groups in total. The molecule has 2 atom stereocenters. The molecule has 0 saturated heterocycles. The Morgan fingerprint density at radius 1 is 1.71 bits per heavy atom. The van der Waals surface area contributed by atoms with E-state index in [9.17, 15) is 4.79 Å². The molecule has 1 saturated carbocycles. The van der Waals surface area contributed by atoms with Crippen LogP contribution in [0.2, 0.25) is 0 Å². The number of rotatable bonds is 3. The lowest BCUT2D eigenvalue weighted by atomic mass is 10.3. The zero-order chi connectivity index (χ0) is 12.3. The van der Waals surface area contributed by atoms with Crippen LogP contribution in [0.3, 0.4) is 0 Å². The van der Waals surface area contributed by atoms with Gasteiger partial charge in [0.1, 0.15) is 6.61 Å². The van der Waals surface area contributed by atoms with Crippen LogP contribution in [0.4, 0.5) is 0 Å². The second-order valence-corrected chi connectivity index (χ2v) is 5.29. The first-order valence-electron chi connectivity index (χ1n) is 5.65. The summed E-state index contributed by atoms with van der Waals surface area (Å²) in [5.74, 6) is 6.38. The average molecular weight is 249 g/mol. The quantitative estimate of drug-likeness (QED) is 0.795. The average Bonchev–Trinajstić information content (AvgIpc) is 2.89. The van der Waals surface area contributed by atoms with Gasteiger partial charge in [-0.2, -0.15) is 0 Å². The van der Waals surface area contributed by atoms with Gasteiger partial charge in [0.05, 0.1) is 6.54 Å². The van der Waals surface area contributed by atoms with Crippen LogP contribution in [0.15, 0.2) is 11.4 Å². The molecule has 90 valence electrons. The van der Waals surface area contributed by atoms with Gasteiger partial charge in [-0.3, -0.25) is 4.79 Å². The fraction of sp³-hybridized carbons (Fsp3) is 0.462. The van der Waals surface area contributed by atoms with Crippen molar-refractivity contribution in [3.8, 4) is 11.8 Å². The second-order valence-electron chi connectivity index (χ2n) is 4.30. The summed E-state index contributed by atoms with van der Waals surface area (Å²) in [6, 6.07) is 1.95. The highest BCUT2D eigenvalue weighted by atomic mass is 32.1. The fourth-order valence-corrected chi connectivity index (χ4v) is 2.43. The van der Waals surface area contributed by atoms with Crippen LogP contribution >= 0.6 is 11.3 Å².